The van der Waals surface area contributed by atoms with Crippen LogP contribution in [0.4, 0.5) is 0 Å². The van der Waals surface area contributed by atoms with Crippen LogP contribution in [-0.4, -0.2) is 17.5 Å². The molecule has 1 heterocycles. The number of hydrogen-bond acceptors (Lipinski definition) is 5. The molecule has 5 heteroatoms. The van der Waals surface area contributed by atoms with E-state index in [1.807, 2.05) is 18.2 Å². The second-order valence-corrected chi connectivity index (χ2v) is 11.4. The zero-order valence-corrected chi connectivity index (χ0v) is 20.6. The van der Waals surface area contributed by atoms with Crippen LogP contribution < -0.4 is 4.74 Å². The zero-order valence-electron chi connectivity index (χ0n) is 20.6. The molecular weight excluding hydrogens is 440 g/mol. The first-order chi connectivity index (χ1) is 16.5. The molecule has 0 saturated carbocycles. The van der Waals surface area contributed by atoms with Crippen molar-refractivity contribution in [2.24, 2.45) is 10.8 Å². The van der Waals surface area contributed by atoms with Gasteiger partial charge in [0, 0.05) is 42.7 Å². The standard InChI is InChI=1S/C30H30O5/c1-29(2)14-21(31)26-23(16-29)35-24-17-30(3,4)15-22(32)27(24)25(26)18-10-12-20(13-11-18)34-28(33)19-8-6-5-7-9-19/h5-13,25H,14-17H2,1-4H3. The Balaban J connectivity index is 1.52. The minimum atomic E-state index is -0.458. The summed E-state index contributed by atoms with van der Waals surface area (Å²) < 4.78 is 11.9. The fourth-order valence-corrected chi connectivity index (χ4v) is 5.48. The summed E-state index contributed by atoms with van der Waals surface area (Å²) in [5.41, 5.74) is 2.12. The van der Waals surface area contributed by atoms with Gasteiger partial charge in [0.25, 0.3) is 0 Å². The van der Waals surface area contributed by atoms with Gasteiger partial charge in [0.15, 0.2) is 11.6 Å². The Labute approximate surface area is 205 Å². The Morgan fingerprint density at radius 2 is 1.29 bits per heavy atom. The van der Waals surface area contributed by atoms with Gasteiger partial charge in [-0.1, -0.05) is 58.0 Å². The van der Waals surface area contributed by atoms with Crippen LogP contribution in [0.2, 0.25) is 0 Å². The number of rotatable bonds is 3. The summed E-state index contributed by atoms with van der Waals surface area (Å²) in [6.07, 6.45) is 2.15. The molecule has 0 fully saturated rings. The molecule has 180 valence electrons. The SMILES string of the molecule is CC1(C)CC(=O)C2=C(C1)OC1=C(C(=O)CC(C)(C)C1)C2c1ccc(OC(=O)c2ccccc2)cc1. The highest BCUT2D eigenvalue weighted by atomic mass is 16.5. The number of hydrogen-bond donors (Lipinski definition) is 0. The van der Waals surface area contributed by atoms with Gasteiger partial charge in [-0.05, 0) is 40.7 Å². The van der Waals surface area contributed by atoms with Gasteiger partial charge in [-0.25, -0.2) is 4.79 Å². The van der Waals surface area contributed by atoms with Crippen LogP contribution in [0.15, 0.2) is 77.3 Å². The third-order valence-corrected chi connectivity index (χ3v) is 7.02. The lowest BCUT2D eigenvalue weighted by atomic mass is 9.65. The van der Waals surface area contributed by atoms with E-state index in [9.17, 15) is 14.4 Å². The van der Waals surface area contributed by atoms with Gasteiger partial charge < -0.3 is 9.47 Å². The number of allylic oxidation sites excluding steroid dienone is 4. The van der Waals surface area contributed by atoms with E-state index in [1.54, 1.807) is 36.4 Å². The van der Waals surface area contributed by atoms with Gasteiger partial charge >= 0.3 is 5.97 Å². The molecule has 0 N–H and O–H groups in total. The third kappa shape index (κ3) is 4.47. The Kier molecular flexibility index (Phi) is 5.54. The highest BCUT2D eigenvalue weighted by Gasteiger charge is 2.47. The molecule has 0 atom stereocenters. The summed E-state index contributed by atoms with van der Waals surface area (Å²) in [6.45, 7) is 8.29. The molecule has 0 aromatic heterocycles. The molecular formula is C30H30O5. The van der Waals surface area contributed by atoms with Crippen molar-refractivity contribution in [2.75, 3.05) is 0 Å². The summed E-state index contributed by atoms with van der Waals surface area (Å²) in [5.74, 6) is 0.967. The van der Waals surface area contributed by atoms with Crippen molar-refractivity contribution in [3.8, 4) is 5.75 Å². The highest BCUT2D eigenvalue weighted by Crippen LogP contribution is 2.53. The quantitative estimate of drug-likeness (QED) is 0.389. The number of ketones is 2. The predicted molar refractivity (Wildman–Crippen MR) is 132 cm³/mol. The zero-order chi connectivity index (χ0) is 25.0. The second-order valence-electron chi connectivity index (χ2n) is 11.4. The van der Waals surface area contributed by atoms with E-state index < -0.39 is 11.9 Å². The predicted octanol–water partition coefficient (Wildman–Crippen LogP) is 6.31. The van der Waals surface area contributed by atoms with E-state index in [0.29, 0.717) is 59.7 Å². The monoisotopic (exact) mass is 470 g/mol. The molecule has 0 bridgehead atoms. The van der Waals surface area contributed by atoms with E-state index in [-0.39, 0.29) is 22.4 Å². The largest absolute Gasteiger partial charge is 0.465 e. The van der Waals surface area contributed by atoms with Crippen LogP contribution in [0.25, 0.3) is 0 Å². The third-order valence-electron chi connectivity index (χ3n) is 7.02. The van der Waals surface area contributed by atoms with E-state index in [0.717, 1.165) is 5.56 Å². The molecule has 0 unspecified atom stereocenters. The molecule has 35 heavy (non-hydrogen) atoms. The number of benzene rings is 2. The van der Waals surface area contributed by atoms with Crippen LogP contribution in [0.1, 0.15) is 75.2 Å². The van der Waals surface area contributed by atoms with Crippen molar-refractivity contribution in [3.63, 3.8) is 0 Å². The van der Waals surface area contributed by atoms with E-state index >= 15 is 0 Å². The number of ether oxygens (including phenoxy) is 2. The molecule has 0 spiro atoms. The summed E-state index contributed by atoms with van der Waals surface area (Å²) >= 11 is 0. The maximum atomic E-state index is 13.4. The van der Waals surface area contributed by atoms with Crippen molar-refractivity contribution in [1.82, 2.24) is 0 Å². The lowest BCUT2D eigenvalue weighted by molar-refractivity contribution is -0.120. The van der Waals surface area contributed by atoms with E-state index in [4.69, 9.17) is 9.47 Å². The molecule has 2 aromatic rings. The van der Waals surface area contributed by atoms with Gasteiger partial charge in [0.1, 0.15) is 17.3 Å². The smallest absolute Gasteiger partial charge is 0.343 e. The van der Waals surface area contributed by atoms with Crippen LogP contribution in [-0.2, 0) is 14.3 Å². The number of Topliss-reactive ketones (excluding diaryl/α,β-unsaturated/α-hetero) is 2. The average Bonchev–Trinajstić information content (AvgIpc) is 2.77. The first-order valence-electron chi connectivity index (χ1n) is 12.1. The van der Waals surface area contributed by atoms with Crippen LogP contribution in [0, 0.1) is 10.8 Å². The Morgan fingerprint density at radius 1 is 0.771 bits per heavy atom. The van der Waals surface area contributed by atoms with Crippen molar-refractivity contribution in [1.29, 1.82) is 0 Å². The molecule has 2 aromatic carbocycles. The summed E-state index contributed by atoms with van der Waals surface area (Å²) in [7, 11) is 0. The Hall–Kier alpha value is -3.47. The van der Waals surface area contributed by atoms with Gasteiger partial charge in [-0.2, -0.15) is 0 Å². The fourth-order valence-electron chi connectivity index (χ4n) is 5.48. The van der Waals surface area contributed by atoms with Crippen molar-refractivity contribution in [2.45, 2.75) is 59.3 Å². The van der Waals surface area contributed by atoms with Crippen LogP contribution in [0.5, 0.6) is 5.75 Å². The fraction of sp³-hybridized carbons (Fsp3) is 0.367. The van der Waals surface area contributed by atoms with Gasteiger partial charge in [0.05, 0.1) is 5.56 Å². The molecule has 2 aliphatic carbocycles. The Morgan fingerprint density at radius 3 is 1.80 bits per heavy atom. The van der Waals surface area contributed by atoms with Crippen molar-refractivity contribution >= 4 is 17.5 Å². The molecule has 5 nitrogen and oxygen atoms in total. The normalized spacial score (nSPS) is 21.3. The summed E-state index contributed by atoms with van der Waals surface area (Å²) in [4.78, 5) is 39.2. The summed E-state index contributed by atoms with van der Waals surface area (Å²) in [5, 5.41) is 0. The van der Waals surface area contributed by atoms with Crippen molar-refractivity contribution in [3.05, 3.63) is 88.4 Å². The Bertz CT molecular complexity index is 1220. The van der Waals surface area contributed by atoms with Crippen LogP contribution in [0.3, 0.4) is 0 Å². The molecule has 0 radical (unpaired) electrons. The topological polar surface area (TPSA) is 69.7 Å². The maximum absolute atomic E-state index is 13.4. The molecule has 0 amide bonds. The second kappa shape index (κ2) is 8.33. The van der Waals surface area contributed by atoms with E-state index in [2.05, 4.69) is 27.7 Å². The molecule has 1 aliphatic heterocycles. The van der Waals surface area contributed by atoms with Gasteiger partial charge in [0.2, 0.25) is 0 Å². The van der Waals surface area contributed by atoms with E-state index in [1.165, 1.54) is 0 Å². The minimum Gasteiger partial charge on any atom is -0.465 e. The highest BCUT2D eigenvalue weighted by molar-refractivity contribution is 6.06. The molecule has 0 saturated heterocycles. The lowest BCUT2D eigenvalue weighted by Crippen LogP contribution is -2.37. The number of carbonyl (C=O) groups excluding carboxylic acids is 3. The number of esters is 1. The summed E-state index contributed by atoms with van der Waals surface area (Å²) in [6, 6.07) is 15.9. The van der Waals surface area contributed by atoms with Gasteiger partial charge in [-0.15, -0.1) is 0 Å². The maximum Gasteiger partial charge on any atom is 0.343 e. The van der Waals surface area contributed by atoms with Crippen molar-refractivity contribution < 1.29 is 23.9 Å². The first kappa shape index (κ1) is 23.3. The lowest BCUT2D eigenvalue weighted by Gasteiger charge is -2.42. The van der Waals surface area contributed by atoms with Gasteiger partial charge in [-0.3, -0.25) is 9.59 Å². The minimum absolute atomic E-state index is 0.0324. The van der Waals surface area contributed by atoms with Crippen LogP contribution >= 0.6 is 0 Å². The molecule has 5 rings (SSSR count). The number of carbonyl (C=O) groups is 3. The first-order valence-corrected chi connectivity index (χ1v) is 12.1. The average molecular weight is 471 g/mol. The molecule has 3 aliphatic rings.